The third-order valence-electron chi connectivity index (χ3n) is 6.55. The minimum absolute atomic E-state index is 0.0697. The highest BCUT2D eigenvalue weighted by Gasteiger charge is 2.33. The van der Waals surface area contributed by atoms with Crippen molar-refractivity contribution in [3.63, 3.8) is 0 Å². The fourth-order valence-electron chi connectivity index (χ4n) is 4.27. The van der Waals surface area contributed by atoms with E-state index in [9.17, 15) is 18.0 Å². The Kier molecular flexibility index (Phi) is 10.8. The Balaban J connectivity index is 2.03. The molecule has 0 saturated carbocycles. The predicted octanol–water partition coefficient (Wildman–Crippen LogP) is 4.40. The zero-order valence-electron chi connectivity index (χ0n) is 24.5. The van der Waals surface area contributed by atoms with Crippen molar-refractivity contribution in [2.75, 3.05) is 31.6 Å². The molecule has 3 rings (SSSR count). The topological polar surface area (TPSA) is 105 Å². The minimum Gasteiger partial charge on any atom is -0.493 e. The van der Waals surface area contributed by atoms with Crippen LogP contribution in [0.5, 0.6) is 11.5 Å². The van der Waals surface area contributed by atoms with Crippen LogP contribution >= 0.6 is 0 Å². The first kappa shape index (κ1) is 31.5. The zero-order valence-corrected chi connectivity index (χ0v) is 25.3. The van der Waals surface area contributed by atoms with Gasteiger partial charge in [0.2, 0.25) is 11.8 Å². The molecule has 3 aromatic rings. The van der Waals surface area contributed by atoms with E-state index < -0.39 is 28.5 Å². The summed E-state index contributed by atoms with van der Waals surface area (Å²) < 4.78 is 39.7. The van der Waals surface area contributed by atoms with Gasteiger partial charge in [0.05, 0.1) is 24.8 Å². The van der Waals surface area contributed by atoms with Gasteiger partial charge in [-0.3, -0.25) is 13.9 Å². The van der Waals surface area contributed by atoms with Crippen LogP contribution in [0.2, 0.25) is 0 Å². The summed E-state index contributed by atoms with van der Waals surface area (Å²) >= 11 is 0. The molecule has 1 atom stereocenters. The van der Waals surface area contributed by atoms with E-state index >= 15 is 0 Å². The molecule has 2 amide bonds. The normalized spacial score (nSPS) is 12.0. The Morgan fingerprint density at radius 2 is 1.56 bits per heavy atom. The predicted molar refractivity (Wildman–Crippen MR) is 160 cm³/mol. The van der Waals surface area contributed by atoms with Crippen LogP contribution in [0.15, 0.2) is 77.7 Å². The Hall–Kier alpha value is -4.05. The number of para-hydroxylation sites is 1. The number of carbonyl (C=O) groups excluding carboxylic acids is 2. The Morgan fingerprint density at radius 3 is 2.17 bits per heavy atom. The van der Waals surface area contributed by atoms with E-state index in [4.69, 9.17) is 9.47 Å². The highest BCUT2D eigenvalue weighted by atomic mass is 32.2. The first-order chi connectivity index (χ1) is 19.5. The van der Waals surface area contributed by atoms with Crippen LogP contribution < -0.4 is 19.1 Å². The molecular weight excluding hydrogens is 542 g/mol. The van der Waals surface area contributed by atoms with Gasteiger partial charge in [-0.05, 0) is 49.6 Å². The van der Waals surface area contributed by atoms with Crippen LogP contribution in [0.4, 0.5) is 5.69 Å². The highest BCUT2D eigenvalue weighted by molar-refractivity contribution is 7.92. The number of ether oxygens (including phenoxy) is 2. The van der Waals surface area contributed by atoms with Gasteiger partial charge < -0.3 is 19.7 Å². The molecule has 41 heavy (non-hydrogen) atoms. The number of sulfonamides is 1. The molecule has 0 aliphatic rings. The average molecular weight is 582 g/mol. The lowest BCUT2D eigenvalue weighted by molar-refractivity contribution is -0.139. The maximum Gasteiger partial charge on any atom is 0.264 e. The number of hydrogen-bond acceptors (Lipinski definition) is 6. The number of methoxy groups -OCH3 is 2. The third kappa shape index (κ3) is 8.00. The van der Waals surface area contributed by atoms with Crippen LogP contribution in [0.25, 0.3) is 0 Å². The SMILES string of the molecule is COc1ccc(S(=O)(=O)N(CC(=O)N(Cc2cccc(C)c2)[C@@H](C)C(=O)NCC(C)C)c2ccccc2)cc1OC. The number of benzene rings is 3. The van der Waals surface area contributed by atoms with E-state index in [1.807, 2.05) is 45.0 Å². The molecule has 0 fully saturated rings. The van der Waals surface area contributed by atoms with Gasteiger partial charge in [-0.15, -0.1) is 0 Å². The van der Waals surface area contributed by atoms with Crippen molar-refractivity contribution in [3.05, 3.63) is 83.9 Å². The maximum absolute atomic E-state index is 14.0. The second-order valence-electron chi connectivity index (χ2n) is 10.2. The summed E-state index contributed by atoms with van der Waals surface area (Å²) in [5.74, 6) is 0.0105. The van der Waals surface area contributed by atoms with E-state index in [-0.39, 0.29) is 29.0 Å². The van der Waals surface area contributed by atoms with Crippen LogP contribution in [-0.4, -0.2) is 58.5 Å². The van der Waals surface area contributed by atoms with E-state index in [2.05, 4.69) is 5.32 Å². The number of rotatable bonds is 13. The van der Waals surface area contributed by atoms with Gasteiger partial charge in [0.1, 0.15) is 12.6 Å². The molecule has 9 nitrogen and oxygen atoms in total. The summed E-state index contributed by atoms with van der Waals surface area (Å²) in [6.45, 7) is 7.64. The molecule has 0 bridgehead atoms. The number of nitrogens with one attached hydrogen (secondary N) is 1. The van der Waals surface area contributed by atoms with Crippen LogP contribution in [0.1, 0.15) is 31.9 Å². The number of aryl methyl sites for hydroxylation is 1. The lowest BCUT2D eigenvalue weighted by atomic mass is 10.1. The molecule has 3 aromatic carbocycles. The van der Waals surface area contributed by atoms with E-state index in [0.29, 0.717) is 18.0 Å². The van der Waals surface area contributed by atoms with Crippen molar-refractivity contribution in [2.24, 2.45) is 5.92 Å². The first-order valence-electron chi connectivity index (χ1n) is 13.4. The number of amides is 2. The van der Waals surface area contributed by atoms with Crippen molar-refractivity contribution in [3.8, 4) is 11.5 Å². The standard InChI is InChI=1S/C31H39N3O6S/c1-22(2)19-32-31(36)24(4)33(20-25-12-10-11-23(3)17-25)30(35)21-34(26-13-8-7-9-14-26)41(37,38)27-15-16-28(39-5)29(18-27)40-6/h7-18,22,24H,19-21H2,1-6H3,(H,32,36)/t24-/m0/s1. The lowest BCUT2D eigenvalue weighted by Gasteiger charge is -2.32. The Labute approximate surface area is 243 Å². The van der Waals surface area contributed by atoms with Crippen molar-refractivity contribution >= 4 is 27.5 Å². The minimum atomic E-state index is -4.24. The van der Waals surface area contributed by atoms with Gasteiger partial charge in [-0.1, -0.05) is 61.9 Å². The zero-order chi connectivity index (χ0) is 30.2. The van der Waals surface area contributed by atoms with Crippen LogP contribution in [0.3, 0.4) is 0 Å². The molecule has 0 heterocycles. The van der Waals surface area contributed by atoms with Crippen LogP contribution in [-0.2, 0) is 26.2 Å². The van der Waals surface area contributed by atoms with Gasteiger partial charge >= 0.3 is 0 Å². The summed E-state index contributed by atoms with van der Waals surface area (Å²) in [6, 6.07) is 19.5. The van der Waals surface area contributed by atoms with E-state index in [1.54, 1.807) is 37.3 Å². The molecule has 0 unspecified atom stereocenters. The van der Waals surface area contributed by atoms with Gasteiger partial charge in [0.25, 0.3) is 10.0 Å². The quantitative estimate of drug-likeness (QED) is 0.321. The van der Waals surface area contributed by atoms with Crippen molar-refractivity contribution in [1.29, 1.82) is 0 Å². The molecule has 220 valence electrons. The van der Waals surface area contributed by atoms with Gasteiger partial charge in [-0.2, -0.15) is 0 Å². The third-order valence-corrected chi connectivity index (χ3v) is 8.32. The molecule has 0 radical (unpaired) electrons. The molecule has 0 aliphatic heterocycles. The van der Waals surface area contributed by atoms with Gasteiger partial charge in [0, 0.05) is 19.2 Å². The van der Waals surface area contributed by atoms with E-state index in [1.165, 1.54) is 37.3 Å². The fraction of sp³-hybridized carbons (Fsp3) is 0.355. The summed E-state index contributed by atoms with van der Waals surface area (Å²) in [4.78, 5) is 28.4. The number of nitrogens with zero attached hydrogens (tertiary/aromatic N) is 2. The van der Waals surface area contributed by atoms with Crippen molar-refractivity contribution in [2.45, 2.75) is 45.2 Å². The lowest BCUT2D eigenvalue weighted by Crippen LogP contribution is -2.51. The maximum atomic E-state index is 14.0. The molecule has 0 saturated heterocycles. The molecule has 10 heteroatoms. The summed E-state index contributed by atoms with van der Waals surface area (Å²) in [5.41, 5.74) is 2.15. The average Bonchev–Trinajstić information content (AvgIpc) is 2.96. The van der Waals surface area contributed by atoms with Gasteiger partial charge in [-0.25, -0.2) is 8.42 Å². The summed E-state index contributed by atoms with van der Waals surface area (Å²) in [7, 11) is -1.36. The Bertz CT molecular complexity index is 1440. The molecule has 1 N–H and O–H groups in total. The number of hydrogen-bond donors (Lipinski definition) is 1. The number of carbonyl (C=O) groups is 2. The second kappa shape index (κ2) is 14.0. The highest BCUT2D eigenvalue weighted by Crippen LogP contribution is 2.32. The Morgan fingerprint density at radius 1 is 0.878 bits per heavy atom. The summed E-state index contributed by atoms with van der Waals surface area (Å²) in [6.07, 6.45) is 0. The van der Waals surface area contributed by atoms with Crippen molar-refractivity contribution < 1.29 is 27.5 Å². The van der Waals surface area contributed by atoms with Gasteiger partial charge in [0.15, 0.2) is 11.5 Å². The smallest absolute Gasteiger partial charge is 0.264 e. The monoisotopic (exact) mass is 581 g/mol. The van der Waals surface area contributed by atoms with Crippen molar-refractivity contribution in [1.82, 2.24) is 10.2 Å². The molecular formula is C31H39N3O6S. The number of anilines is 1. The summed E-state index contributed by atoms with van der Waals surface area (Å²) in [5, 5.41) is 2.89. The molecule has 0 aliphatic carbocycles. The molecule has 0 aromatic heterocycles. The van der Waals surface area contributed by atoms with Crippen LogP contribution in [0, 0.1) is 12.8 Å². The second-order valence-corrected chi connectivity index (χ2v) is 12.1. The van der Waals surface area contributed by atoms with E-state index in [0.717, 1.165) is 15.4 Å². The first-order valence-corrected chi connectivity index (χ1v) is 14.8. The fourth-order valence-corrected chi connectivity index (χ4v) is 5.70. The largest absolute Gasteiger partial charge is 0.493 e. The molecule has 0 spiro atoms.